The van der Waals surface area contributed by atoms with Crippen molar-refractivity contribution >= 4 is 23.0 Å². The number of ether oxygens (including phenoxy) is 1. The third-order valence-corrected chi connectivity index (χ3v) is 4.17. The van der Waals surface area contributed by atoms with E-state index < -0.39 is 0 Å². The molecule has 132 valence electrons. The van der Waals surface area contributed by atoms with Crippen molar-refractivity contribution in [3.63, 3.8) is 0 Å². The standard InChI is InChI=1S/C22H22N2O2/c1-3-24(18-9-5-4-6-10-18)19-15-13-17(14-16-19)23-22(25)20-11-7-8-12-21(20)26-2/h4-16H,3H2,1-2H3,(H,23,25). The van der Waals surface area contributed by atoms with Crippen LogP contribution in [0.4, 0.5) is 17.1 Å². The van der Waals surface area contributed by atoms with Crippen molar-refractivity contribution in [1.82, 2.24) is 0 Å². The number of anilines is 3. The molecule has 0 aromatic heterocycles. The van der Waals surface area contributed by atoms with Crippen LogP contribution in [0.15, 0.2) is 78.9 Å². The molecule has 0 aliphatic rings. The fourth-order valence-electron chi connectivity index (χ4n) is 2.88. The van der Waals surface area contributed by atoms with Crippen molar-refractivity contribution < 1.29 is 9.53 Å². The average Bonchev–Trinajstić information content (AvgIpc) is 2.70. The molecule has 0 spiro atoms. The lowest BCUT2D eigenvalue weighted by Crippen LogP contribution is -2.16. The second-order valence-corrected chi connectivity index (χ2v) is 5.78. The zero-order valence-electron chi connectivity index (χ0n) is 15.0. The minimum atomic E-state index is -0.189. The molecule has 0 saturated heterocycles. The fraction of sp³-hybridized carbons (Fsp3) is 0.136. The maximum Gasteiger partial charge on any atom is 0.259 e. The van der Waals surface area contributed by atoms with E-state index in [4.69, 9.17) is 4.74 Å². The summed E-state index contributed by atoms with van der Waals surface area (Å²) in [5.41, 5.74) is 3.47. The Labute approximate surface area is 154 Å². The van der Waals surface area contributed by atoms with E-state index in [-0.39, 0.29) is 5.91 Å². The molecule has 3 aromatic rings. The Hall–Kier alpha value is -3.27. The third-order valence-electron chi connectivity index (χ3n) is 4.17. The van der Waals surface area contributed by atoms with Crippen LogP contribution in [0.5, 0.6) is 5.75 Å². The second-order valence-electron chi connectivity index (χ2n) is 5.78. The van der Waals surface area contributed by atoms with Crippen molar-refractivity contribution in [1.29, 1.82) is 0 Å². The number of methoxy groups -OCH3 is 1. The first-order chi connectivity index (χ1) is 12.7. The van der Waals surface area contributed by atoms with Crippen LogP contribution in [0, 0.1) is 0 Å². The van der Waals surface area contributed by atoms with E-state index >= 15 is 0 Å². The number of hydrogen-bond acceptors (Lipinski definition) is 3. The number of amides is 1. The van der Waals surface area contributed by atoms with E-state index in [1.807, 2.05) is 54.6 Å². The molecule has 1 N–H and O–H groups in total. The maximum absolute atomic E-state index is 12.5. The van der Waals surface area contributed by atoms with Crippen LogP contribution in [0.25, 0.3) is 0 Å². The normalized spacial score (nSPS) is 10.2. The van der Waals surface area contributed by atoms with Gasteiger partial charge in [0.05, 0.1) is 12.7 Å². The number of hydrogen-bond donors (Lipinski definition) is 1. The summed E-state index contributed by atoms with van der Waals surface area (Å²) < 4.78 is 5.25. The highest BCUT2D eigenvalue weighted by atomic mass is 16.5. The Kier molecular flexibility index (Phi) is 5.54. The first kappa shape index (κ1) is 17.5. The molecule has 4 nitrogen and oxygen atoms in total. The van der Waals surface area contributed by atoms with Crippen molar-refractivity contribution in [2.24, 2.45) is 0 Å². The van der Waals surface area contributed by atoms with E-state index in [9.17, 15) is 4.79 Å². The van der Waals surface area contributed by atoms with Crippen LogP contribution < -0.4 is 15.0 Å². The topological polar surface area (TPSA) is 41.6 Å². The summed E-state index contributed by atoms with van der Waals surface area (Å²) in [5.74, 6) is 0.369. The van der Waals surface area contributed by atoms with Gasteiger partial charge in [0, 0.05) is 23.6 Å². The molecular weight excluding hydrogens is 324 g/mol. The van der Waals surface area contributed by atoms with Crippen molar-refractivity contribution in [2.45, 2.75) is 6.92 Å². The van der Waals surface area contributed by atoms with Gasteiger partial charge in [0.1, 0.15) is 5.75 Å². The van der Waals surface area contributed by atoms with Crippen molar-refractivity contribution in [3.8, 4) is 5.75 Å². The molecule has 0 atom stereocenters. The van der Waals surface area contributed by atoms with Gasteiger partial charge >= 0.3 is 0 Å². The summed E-state index contributed by atoms with van der Waals surface area (Å²) in [7, 11) is 1.56. The molecule has 3 aromatic carbocycles. The van der Waals surface area contributed by atoms with Crippen LogP contribution in [0.1, 0.15) is 17.3 Å². The minimum absolute atomic E-state index is 0.189. The van der Waals surface area contributed by atoms with Gasteiger partial charge in [0.2, 0.25) is 0 Å². The molecule has 3 rings (SSSR count). The van der Waals surface area contributed by atoms with Gasteiger partial charge in [-0.05, 0) is 55.5 Å². The summed E-state index contributed by atoms with van der Waals surface area (Å²) in [5, 5.41) is 2.92. The second kappa shape index (κ2) is 8.21. The quantitative estimate of drug-likeness (QED) is 0.675. The number of nitrogens with zero attached hydrogens (tertiary/aromatic N) is 1. The molecule has 1 amide bonds. The summed E-state index contributed by atoms with van der Waals surface area (Å²) >= 11 is 0. The molecule has 0 saturated carbocycles. The van der Waals surface area contributed by atoms with Crippen LogP contribution in [0.2, 0.25) is 0 Å². The maximum atomic E-state index is 12.5. The van der Waals surface area contributed by atoms with E-state index in [2.05, 4.69) is 29.3 Å². The van der Waals surface area contributed by atoms with E-state index in [0.717, 1.165) is 23.6 Å². The van der Waals surface area contributed by atoms with Gasteiger partial charge < -0.3 is 15.0 Å². The highest BCUT2D eigenvalue weighted by molar-refractivity contribution is 6.06. The third kappa shape index (κ3) is 3.86. The average molecular weight is 346 g/mol. The van der Waals surface area contributed by atoms with Crippen LogP contribution in [0.3, 0.4) is 0 Å². The summed E-state index contributed by atoms with van der Waals surface area (Å²) in [6.07, 6.45) is 0. The zero-order chi connectivity index (χ0) is 18.4. The predicted molar refractivity (Wildman–Crippen MR) is 107 cm³/mol. The molecular formula is C22H22N2O2. The first-order valence-electron chi connectivity index (χ1n) is 8.60. The monoisotopic (exact) mass is 346 g/mol. The van der Waals surface area contributed by atoms with Gasteiger partial charge in [0.25, 0.3) is 5.91 Å². The number of carbonyl (C=O) groups excluding carboxylic acids is 1. The molecule has 0 fully saturated rings. The first-order valence-corrected chi connectivity index (χ1v) is 8.60. The van der Waals surface area contributed by atoms with Gasteiger partial charge in [-0.1, -0.05) is 30.3 Å². The number of nitrogens with one attached hydrogen (secondary N) is 1. The van der Waals surface area contributed by atoms with Crippen LogP contribution >= 0.6 is 0 Å². The molecule has 26 heavy (non-hydrogen) atoms. The van der Waals surface area contributed by atoms with Crippen molar-refractivity contribution in [2.75, 3.05) is 23.9 Å². The number of para-hydroxylation sites is 2. The SMILES string of the molecule is CCN(c1ccccc1)c1ccc(NC(=O)c2ccccc2OC)cc1. The van der Waals surface area contributed by atoms with E-state index in [1.54, 1.807) is 19.2 Å². The van der Waals surface area contributed by atoms with E-state index in [1.165, 1.54) is 0 Å². The Morgan fingerprint density at radius 2 is 1.50 bits per heavy atom. The Morgan fingerprint density at radius 1 is 0.885 bits per heavy atom. The number of carbonyl (C=O) groups is 1. The lowest BCUT2D eigenvalue weighted by atomic mass is 10.1. The predicted octanol–water partition coefficient (Wildman–Crippen LogP) is 5.11. The zero-order valence-corrected chi connectivity index (χ0v) is 15.0. The van der Waals surface area contributed by atoms with Crippen molar-refractivity contribution in [3.05, 3.63) is 84.4 Å². The molecule has 0 heterocycles. The largest absolute Gasteiger partial charge is 0.496 e. The minimum Gasteiger partial charge on any atom is -0.496 e. The summed E-state index contributed by atoms with van der Waals surface area (Å²) in [6.45, 7) is 2.97. The lowest BCUT2D eigenvalue weighted by Gasteiger charge is -2.23. The highest BCUT2D eigenvalue weighted by Crippen LogP contribution is 2.26. The van der Waals surface area contributed by atoms with Crippen LogP contribution in [-0.4, -0.2) is 19.6 Å². The molecule has 0 aliphatic heterocycles. The van der Waals surface area contributed by atoms with E-state index in [0.29, 0.717) is 11.3 Å². The van der Waals surface area contributed by atoms with Gasteiger partial charge in [-0.25, -0.2) is 0 Å². The number of rotatable bonds is 6. The molecule has 0 aliphatic carbocycles. The number of benzene rings is 3. The fourth-order valence-corrected chi connectivity index (χ4v) is 2.88. The van der Waals surface area contributed by atoms with Gasteiger partial charge in [0.15, 0.2) is 0 Å². The van der Waals surface area contributed by atoms with Gasteiger partial charge in [-0.3, -0.25) is 4.79 Å². The highest BCUT2D eigenvalue weighted by Gasteiger charge is 2.12. The lowest BCUT2D eigenvalue weighted by molar-refractivity contribution is 0.102. The molecule has 4 heteroatoms. The molecule has 0 unspecified atom stereocenters. The Balaban J connectivity index is 1.76. The Morgan fingerprint density at radius 3 is 2.15 bits per heavy atom. The summed E-state index contributed by atoms with van der Waals surface area (Å²) in [6, 6.07) is 25.3. The molecule has 0 bridgehead atoms. The Bertz CT molecular complexity index is 861. The smallest absolute Gasteiger partial charge is 0.259 e. The van der Waals surface area contributed by atoms with Gasteiger partial charge in [-0.15, -0.1) is 0 Å². The van der Waals surface area contributed by atoms with Gasteiger partial charge in [-0.2, -0.15) is 0 Å². The van der Waals surface area contributed by atoms with Crippen LogP contribution in [-0.2, 0) is 0 Å². The summed E-state index contributed by atoms with van der Waals surface area (Å²) in [4.78, 5) is 14.7. The molecule has 0 radical (unpaired) electrons.